The standard InChI is InChI=1S/C14H22N2O2S/c1-10(2)14(12-4-3-7-19-12)15-13(18)9-16-6-5-11(17)8-16/h3-4,7,10-11,14,17H,5-6,8-9H2,1-2H3,(H,15,18). The Morgan fingerprint density at radius 2 is 2.42 bits per heavy atom. The van der Waals surface area contributed by atoms with E-state index in [-0.39, 0.29) is 18.1 Å². The second-order valence-electron chi connectivity index (χ2n) is 5.48. The van der Waals surface area contributed by atoms with Crippen LogP contribution in [0, 0.1) is 5.92 Å². The maximum Gasteiger partial charge on any atom is 0.234 e. The van der Waals surface area contributed by atoms with Crippen LogP contribution >= 0.6 is 11.3 Å². The largest absolute Gasteiger partial charge is 0.392 e. The lowest BCUT2D eigenvalue weighted by molar-refractivity contribution is -0.123. The molecule has 5 heteroatoms. The van der Waals surface area contributed by atoms with Gasteiger partial charge < -0.3 is 10.4 Å². The van der Waals surface area contributed by atoms with Crippen LogP contribution in [0.4, 0.5) is 0 Å². The van der Waals surface area contributed by atoms with Crippen LogP contribution in [0.2, 0.25) is 0 Å². The molecule has 1 saturated heterocycles. The van der Waals surface area contributed by atoms with E-state index in [0.29, 0.717) is 19.0 Å². The molecular weight excluding hydrogens is 260 g/mol. The number of carbonyl (C=O) groups is 1. The van der Waals surface area contributed by atoms with Gasteiger partial charge >= 0.3 is 0 Å². The Morgan fingerprint density at radius 3 is 2.95 bits per heavy atom. The minimum atomic E-state index is -0.272. The Bertz CT molecular complexity index is 406. The summed E-state index contributed by atoms with van der Waals surface area (Å²) in [4.78, 5) is 15.3. The minimum absolute atomic E-state index is 0.0428. The molecule has 2 rings (SSSR count). The Labute approximate surface area is 118 Å². The summed E-state index contributed by atoms with van der Waals surface area (Å²) < 4.78 is 0. The van der Waals surface area contributed by atoms with E-state index in [1.807, 2.05) is 16.3 Å². The van der Waals surface area contributed by atoms with Gasteiger partial charge in [0.15, 0.2) is 0 Å². The molecular formula is C14H22N2O2S. The van der Waals surface area contributed by atoms with Crippen molar-refractivity contribution >= 4 is 17.2 Å². The maximum atomic E-state index is 12.1. The lowest BCUT2D eigenvalue weighted by Gasteiger charge is -2.23. The van der Waals surface area contributed by atoms with Crippen LogP contribution in [0.1, 0.15) is 31.2 Å². The van der Waals surface area contributed by atoms with Gasteiger partial charge in [0.05, 0.1) is 18.7 Å². The van der Waals surface area contributed by atoms with E-state index in [9.17, 15) is 9.90 Å². The highest BCUT2D eigenvalue weighted by atomic mass is 32.1. The van der Waals surface area contributed by atoms with Gasteiger partial charge in [-0.3, -0.25) is 9.69 Å². The summed E-state index contributed by atoms with van der Waals surface area (Å²) in [6, 6.07) is 4.16. The Kier molecular flexibility index (Phi) is 4.96. The van der Waals surface area contributed by atoms with Crippen LogP contribution in [-0.4, -0.2) is 41.7 Å². The number of aliphatic hydroxyl groups is 1. The Hall–Kier alpha value is -0.910. The van der Waals surface area contributed by atoms with Crippen molar-refractivity contribution in [3.05, 3.63) is 22.4 Å². The van der Waals surface area contributed by atoms with Gasteiger partial charge in [-0.05, 0) is 23.8 Å². The van der Waals surface area contributed by atoms with Gasteiger partial charge in [-0.25, -0.2) is 0 Å². The highest BCUT2D eigenvalue weighted by molar-refractivity contribution is 7.10. The molecule has 1 aliphatic heterocycles. The molecule has 2 N–H and O–H groups in total. The molecule has 19 heavy (non-hydrogen) atoms. The van der Waals surface area contributed by atoms with Gasteiger partial charge in [0, 0.05) is 18.0 Å². The average molecular weight is 282 g/mol. The number of β-amino-alcohol motifs (C(OH)–C–C–N with tert-alkyl or cyclic N) is 1. The number of rotatable bonds is 5. The number of likely N-dealkylation sites (tertiary alicyclic amines) is 1. The zero-order valence-corrected chi connectivity index (χ0v) is 12.3. The summed E-state index contributed by atoms with van der Waals surface area (Å²) >= 11 is 1.68. The number of nitrogens with zero attached hydrogens (tertiary/aromatic N) is 1. The van der Waals surface area contributed by atoms with E-state index in [1.54, 1.807) is 11.3 Å². The molecule has 0 spiro atoms. The summed E-state index contributed by atoms with van der Waals surface area (Å²) in [6.45, 7) is 6.03. The second kappa shape index (κ2) is 6.50. The van der Waals surface area contributed by atoms with Crippen molar-refractivity contribution in [3.8, 4) is 0 Å². The summed E-state index contributed by atoms with van der Waals surface area (Å²) in [5.74, 6) is 0.410. The second-order valence-corrected chi connectivity index (χ2v) is 6.46. The van der Waals surface area contributed by atoms with Crippen LogP contribution in [0.25, 0.3) is 0 Å². The third-order valence-corrected chi connectivity index (χ3v) is 4.40. The molecule has 1 fully saturated rings. The van der Waals surface area contributed by atoms with Crippen molar-refractivity contribution < 1.29 is 9.90 Å². The smallest absolute Gasteiger partial charge is 0.234 e. The van der Waals surface area contributed by atoms with Gasteiger partial charge in [0.2, 0.25) is 5.91 Å². The quantitative estimate of drug-likeness (QED) is 0.863. The average Bonchev–Trinajstić information content (AvgIpc) is 2.97. The molecule has 1 aliphatic rings. The van der Waals surface area contributed by atoms with E-state index < -0.39 is 0 Å². The van der Waals surface area contributed by atoms with E-state index in [0.717, 1.165) is 13.0 Å². The molecule has 0 aromatic carbocycles. The first-order valence-corrected chi connectivity index (χ1v) is 7.67. The van der Waals surface area contributed by atoms with Crippen molar-refractivity contribution in [2.45, 2.75) is 32.4 Å². The maximum absolute atomic E-state index is 12.1. The lowest BCUT2D eigenvalue weighted by Crippen LogP contribution is -2.39. The Balaban J connectivity index is 1.89. The van der Waals surface area contributed by atoms with Crippen LogP contribution in [-0.2, 0) is 4.79 Å². The highest BCUT2D eigenvalue weighted by Crippen LogP contribution is 2.25. The SMILES string of the molecule is CC(C)C(NC(=O)CN1CCC(O)C1)c1cccs1. The van der Waals surface area contributed by atoms with Crippen molar-refractivity contribution in [2.24, 2.45) is 5.92 Å². The molecule has 1 aromatic rings. The van der Waals surface area contributed by atoms with Crippen LogP contribution in [0.15, 0.2) is 17.5 Å². The molecule has 4 nitrogen and oxygen atoms in total. The first-order chi connectivity index (χ1) is 9.06. The van der Waals surface area contributed by atoms with E-state index in [4.69, 9.17) is 0 Å². The first kappa shape index (κ1) is 14.5. The summed E-state index contributed by atoms with van der Waals surface area (Å²) in [6.07, 6.45) is 0.497. The fourth-order valence-electron chi connectivity index (χ4n) is 2.41. The molecule has 1 amide bonds. The molecule has 0 aliphatic carbocycles. The molecule has 0 bridgehead atoms. The zero-order valence-electron chi connectivity index (χ0n) is 11.5. The number of hydrogen-bond acceptors (Lipinski definition) is 4. The molecule has 1 aromatic heterocycles. The number of aliphatic hydroxyl groups excluding tert-OH is 1. The number of carbonyl (C=O) groups excluding carboxylic acids is 1. The fraction of sp³-hybridized carbons (Fsp3) is 0.643. The lowest BCUT2D eigenvalue weighted by atomic mass is 10.0. The predicted molar refractivity (Wildman–Crippen MR) is 77.1 cm³/mol. The number of hydrogen-bond donors (Lipinski definition) is 2. The van der Waals surface area contributed by atoms with Crippen molar-refractivity contribution in [2.75, 3.05) is 19.6 Å². The topological polar surface area (TPSA) is 52.6 Å². The molecule has 2 unspecified atom stereocenters. The zero-order chi connectivity index (χ0) is 13.8. The molecule has 0 saturated carbocycles. The fourth-order valence-corrected chi connectivity index (χ4v) is 3.36. The van der Waals surface area contributed by atoms with Crippen LogP contribution in [0.5, 0.6) is 0 Å². The van der Waals surface area contributed by atoms with Gasteiger partial charge in [-0.15, -0.1) is 11.3 Å². The molecule has 106 valence electrons. The van der Waals surface area contributed by atoms with E-state index in [2.05, 4.69) is 25.2 Å². The predicted octanol–water partition coefficient (Wildman–Crippen LogP) is 1.63. The third kappa shape index (κ3) is 4.03. The summed E-state index contributed by atoms with van der Waals surface area (Å²) in [7, 11) is 0. The van der Waals surface area contributed by atoms with Crippen molar-refractivity contribution in [3.63, 3.8) is 0 Å². The minimum Gasteiger partial charge on any atom is -0.392 e. The number of amides is 1. The Morgan fingerprint density at radius 1 is 1.63 bits per heavy atom. The van der Waals surface area contributed by atoms with Gasteiger partial charge in [-0.1, -0.05) is 19.9 Å². The number of nitrogens with one attached hydrogen (secondary N) is 1. The van der Waals surface area contributed by atoms with Crippen LogP contribution < -0.4 is 5.32 Å². The first-order valence-electron chi connectivity index (χ1n) is 6.79. The summed E-state index contributed by atoms with van der Waals surface area (Å²) in [5.41, 5.74) is 0. The van der Waals surface area contributed by atoms with Gasteiger partial charge in [0.25, 0.3) is 0 Å². The van der Waals surface area contributed by atoms with E-state index in [1.165, 1.54) is 4.88 Å². The summed E-state index contributed by atoms with van der Waals surface area (Å²) in [5, 5.41) is 14.6. The normalized spacial score (nSPS) is 21.8. The molecule has 2 atom stereocenters. The highest BCUT2D eigenvalue weighted by Gasteiger charge is 2.24. The monoisotopic (exact) mass is 282 g/mol. The third-order valence-electron chi connectivity index (χ3n) is 3.45. The molecule has 0 radical (unpaired) electrons. The van der Waals surface area contributed by atoms with Crippen molar-refractivity contribution in [1.82, 2.24) is 10.2 Å². The van der Waals surface area contributed by atoms with Gasteiger partial charge in [-0.2, -0.15) is 0 Å². The van der Waals surface area contributed by atoms with E-state index >= 15 is 0 Å². The van der Waals surface area contributed by atoms with Crippen LogP contribution in [0.3, 0.4) is 0 Å². The van der Waals surface area contributed by atoms with Crippen molar-refractivity contribution in [1.29, 1.82) is 0 Å². The number of thiophene rings is 1. The molecule has 2 heterocycles. The van der Waals surface area contributed by atoms with Gasteiger partial charge in [0.1, 0.15) is 0 Å².